The molecular formula is C22H28N2O. The highest BCUT2D eigenvalue weighted by atomic mass is 16.2. The van der Waals surface area contributed by atoms with Gasteiger partial charge in [-0.15, -0.1) is 0 Å². The van der Waals surface area contributed by atoms with Crippen molar-refractivity contribution in [2.45, 2.75) is 25.8 Å². The van der Waals surface area contributed by atoms with Gasteiger partial charge in [0.15, 0.2) is 0 Å². The van der Waals surface area contributed by atoms with E-state index in [4.69, 9.17) is 0 Å². The molecule has 3 heteroatoms. The number of benzene rings is 2. The summed E-state index contributed by atoms with van der Waals surface area (Å²) in [6.07, 6.45) is 3.36. The standard InChI is InChI=1S/C22H28N2O/c1-23(17-21-10-6-3-7-11-21)18-22(25)24-14-12-20(13-15-24)16-19-8-4-2-5-9-19/h2-11,20H,12-18H2,1H3. The molecule has 0 aliphatic carbocycles. The molecule has 1 saturated heterocycles. The van der Waals surface area contributed by atoms with Crippen LogP contribution in [0.3, 0.4) is 0 Å². The predicted molar refractivity (Wildman–Crippen MR) is 102 cm³/mol. The molecule has 1 heterocycles. The highest BCUT2D eigenvalue weighted by Gasteiger charge is 2.23. The molecule has 3 nitrogen and oxygen atoms in total. The van der Waals surface area contributed by atoms with E-state index in [9.17, 15) is 4.79 Å². The molecular weight excluding hydrogens is 308 g/mol. The first-order valence-electron chi connectivity index (χ1n) is 9.25. The normalized spacial score (nSPS) is 15.5. The Morgan fingerprint density at radius 3 is 2.12 bits per heavy atom. The molecule has 0 radical (unpaired) electrons. The van der Waals surface area contributed by atoms with Crippen molar-refractivity contribution < 1.29 is 4.79 Å². The van der Waals surface area contributed by atoms with Gasteiger partial charge < -0.3 is 4.90 Å². The topological polar surface area (TPSA) is 23.6 Å². The number of likely N-dealkylation sites (N-methyl/N-ethyl adjacent to an activating group) is 1. The van der Waals surface area contributed by atoms with Gasteiger partial charge in [0.2, 0.25) is 5.91 Å². The van der Waals surface area contributed by atoms with E-state index in [-0.39, 0.29) is 5.91 Å². The molecule has 0 N–H and O–H groups in total. The summed E-state index contributed by atoms with van der Waals surface area (Å²) < 4.78 is 0. The van der Waals surface area contributed by atoms with Gasteiger partial charge >= 0.3 is 0 Å². The van der Waals surface area contributed by atoms with E-state index >= 15 is 0 Å². The molecule has 0 saturated carbocycles. The van der Waals surface area contributed by atoms with Crippen LogP contribution in [0.15, 0.2) is 60.7 Å². The van der Waals surface area contributed by atoms with E-state index in [1.54, 1.807) is 0 Å². The minimum absolute atomic E-state index is 0.261. The maximum atomic E-state index is 12.5. The second kappa shape index (κ2) is 8.82. The van der Waals surface area contributed by atoms with E-state index in [0.29, 0.717) is 12.5 Å². The molecule has 1 fully saturated rings. The Bertz CT molecular complexity index is 648. The summed E-state index contributed by atoms with van der Waals surface area (Å²) >= 11 is 0. The molecule has 0 bridgehead atoms. The molecule has 3 rings (SSSR count). The lowest BCUT2D eigenvalue weighted by Crippen LogP contribution is -2.43. The van der Waals surface area contributed by atoms with Crippen LogP contribution in [-0.4, -0.2) is 42.4 Å². The Morgan fingerprint density at radius 2 is 1.52 bits per heavy atom. The maximum absolute atomic E-state index is 12.5. The average Bonchev–Trinajstić information content (AvgIpc) is 2.64. The van der Waals surface area contributed by atoms with Crippen LogP contribution in [0.25, 0.3) is 0 Å². The van der Waals surface area contributed by atoms with Gasteiger partial charge in [0.25, 0.3) is 0 Å². The number of piperidine rings is 1. The maximum Gasteiger partial charge on any atom is 0.236 e. The van der Waals surface area contributed by atoms with Gasteiger partial charge in [-0.2, -0.15) is 0 Å². The molecule has 132 valence electrons. The van der Waals surface area contributed by atoms with E-state index < -0.39 is 0 Å². The Balaban J connectivity index is 1.42. The van der Waals surface area contributed by atoms with Crippen molar-refractivity contribution in [3.63, 3.8) is 0 Å². The second-order valence-corrected chi connectivity index (χ2v) is 7.17. The lowest BCUT2D eigenvalue weighted by atomic mass is 9.90. The number of hydrogen-bond donors (Lipinski definition) is 0. The molecule has 2 aromatic rings. The summed E-state index contributed by atoms with van der Waals surface area (Å²) in [6.45, 7) is 3.11. The molecule has 1 amide bonds. The van der Waals surface area contributed by atoms with Crippen molar-refractivity contribution in [3.8, 4) is 0 Å². The molecule has 0 atom stereocenters. The Labute approximate surface area is 151 Å². The zero-order chi connectivity index (χ0) is 17.5. The van der Waals surface area contributed by atoms with E-state index in [1.165, 1.54) is 11.1 Å². The smallest absolute Gasteiger partial charge is 0.236 e. The van der Waals surface area contributed by atoms with Crippen LogP contribution in [0.1, 0.15) is 24.0 Å². The third-order valence-electron chi connectivity index (χ3n) is 5.03. The highest BCUT2D eigenvalue weighted by molar-refractivity contribution is 5.78. The van der Waals surface area contributed by atoms with Crippen molar-refractivity contribution in [2.75, 3.05) is 26.7 Å². The minimum Gasteiger partial charge on any atom is -0.342 e. The summed E-state index contributed by atoms with van der Waals surface area (Å²) in [5.74, 6) is 0.963. The van der Waals surface area contributed by atoms with Gasteiger partial charge in [0.1, 0.15) is 0 Å². The Morgan fingerprint density at radius 1 is 0.960 bits per heavy atom. The number of carbonyl (C=O) groups excluding carboxylic acids is 1. The SMILES string of the molecule is CN(CC(=O)N1CCC(Cc2ccccc2)CC1)Cc1ccccc1. The average molecular weight is 336 g/mol. The van der Waals surface area contributed by atoms with Crippen molar-refractivity contribution >= 4 is 5.91 Å². The third-order valence-corrected chi connectivity index (χ3v) is 5.03. The largest absolute Gasteiger partial charge is 0.342 e. The summed E-state index contributed by atoms with van der Waals surface area (Å²) in [7, 11) is 2.02. The van der Waals surface area contributed by atoms with Gasteiger partial charge in [-0.25, -0.2) is 0 Å². The van der Waals surface area contributed by atoms with Gasteiger partial charge in [-0.05, 0) is 43.4 Å². The minimum atomic E-state index is 0.261. The van der Waals surface area contributed by atoms with Crippen LogP contribution < -0.4 is 0 Å². The summed E-state index contributed by atoms with van der Waals surface area (Å²) in [6, 6.07) is 21.0. The van der Waals surface area contributed by atoms with E-state index in [1.807, 2.05) is 30.1 Å². The van der Waals surface area contributed by atoms with Gasteiger partial charge in [-0.1, -0.05) is 60.7 Å². The Kier molecular flexibility index (Phi) is 6.24. The van der Waals surface area contributed by atoms with Crippen molar-refractivity contribution in [2.24, 2.45) is 5.92 Å². The summed E-state index contributed by atoms with van der Waals surface area (Å²) in [4.78, 5) is 16.7. The fourth-order valence-corrected chi connectivity index (χ4v) is 3.62. The third kappa shape index (κ3) is 5.43. The molecule has 0 unspecified atom stereocenters. The first-order chi connectivity index (χ1) is 12.2. The lowest BCUT2D eigenvalue weighted by molar-refractivity contribution is -0.133. The van der Waals surface area contributed by atoms with Gasteiger partial charge in [0.05, 0.1) is 6.54 Å². The van der Waals surface area contributed by atoms with E-state index in [2.05, 4.69) is 47.4 Å². The van der Waals surface area contributed by atoms with Crippen LogP contribution in [0, 0.1) is 5.92 Å². The molecule has 0 spiro atoms. The molecule has 1 aliphatic rings. The number of nitrogens with zero attached hydrogens (tertiary/aromatic N) is 2. The zero-order valence-corrected chi connectivity index (χ0v) is 15.1. The Hall–Kier alpha value is -2.13. The van der Waals surface area contributed by atoms with Crippen LogP contribution >= 0.6 is 0 Å². The van der Waals surface area contributed by atoms with Crippen molar-refractivity contribution in [1.29, 1.82) is 0 Å². The number of carbonyl (C=O) groups is 1. The first kappa shape index (κ1) is 17.7. The molecule has 1 aliphatic heterocycles. The monoisotopic (exact) mass is 336 g/mol. The highest BCUT2D eigenvalue weighted by Crippen LogP contribution is 2.21. The number of likely N-dealkylation sites (tertiary alicyclic amines) is 1. The zero-order valence-electron chi connectivity index (χ0n) is 15.1. The second-order valence-electron chi connectivity index (χ2n) is 7.17. The van der Waals surface area contributed by atoms with E-state index in [0.717, 1.165) is 38.9 Å². The molecule has 2 aromatic carbocycles. The fraction of sp³-hybridized carbons (Fsp3) is 0.409. The number of amides is 1. The van der Waals surface area contributed by atoms with Crippen molar-refractivity contribution in [3.05, 3.63) is 71.8 Å². The van der Waals surface area contributed by atoms with Gasteiger partial charge in [-0.3, -0.25) is 9.69 Å². The molecule has 25 heavy (non-hydrogen) atoms. The lowest BCUT2D eigenvalue weighted by Gasteiger charge is -2.33. The van der Waals surface area contributed by atoms with Crippen LogP contribution in [-0.2, 0) is 17.8 Å². The number of rotatable bonds is 6. The van der Waals surface area contributed by atoms with Gasteiger partial charge in [0, 0.05) is 19.6 Å². The number of hydrogen-bond acceptors (Lipinski definition) is 2. The predicted octanol–water partition coefficient (Wildman–Crippen LogP) is 3.60. The summed E-state index contributed by atoms with van der Waals surface area (Å²) in [5.41, 5.74) is 2.66. The van der Waals surface area contributed by atoms with Crippen molar-refractivity contribution in [1.82, 2.24) is 9.80 Å². The van der Waals surface area contributed by atoms with Crippen LogP contribution in [0.5, 0.6) is 0 Å². The van der Waals surface area contributed by atoms with Crippen LogP contribution in [0.2, 0.25) is 0 Å². The first-order valence-corrected chi connectivity index (χ1v) is 9.25. The van der Waals surface area contributed by atoms with Crippen LogP contribution in [0.4, 0.5) is 0 Å². The quantitative estimate of drug-likeness (QED) is 0.805. The fourth-order valence-electron chi connectivity index (χ4n) is 3.62. The summed E-state index contributed by atoms with van der Waals surface area (Å²) in [5, 5.41) is 0. The molecule has 0 aromatic heterocycles.